The van der Waals surface area contributed by atoms with Crippen LogP contribution in [0.4, 0.5) is 11.4 Å². The van der Waals surface area contributed by atoms with Gasteiger partial charge in [0.05, 0.1) is 11.1 Å². The topological polar surface area (TPSA) is 62.3 Å². The van der Waals surface area contributed by atoms with Gasteiger partial charge in [-0.15, -0.1) is 0 Å². The first kappa shape index (κ1) is 15.3. The number of hydrogen-bond acceptors (Lipinski definition) is 3. The molecule has 0 saturated carbocycles. The van der Waals surface area contributed by atoms with Crippen LogP contribution in [-0.4, -0.2) is 23.3 Å². The highest BCUT2D eigenvalue weighted by molar-refractivity contribution is 6.12. The van der Waals surface area contributed by atoms with E-state index < -0.39 is 0 Å². The van der Waals surface area contributed by atoms with Crippen molar-refractivity contribution in [2.75, 3.05) is 16.8 Å². The number of benzene rings is 2. The van der Waals surface area contributed by atoms with Crippen molar-refractivity contribution in [2.24, 2.45) is 0 Å². The van der Waals surface area contributed by atoms with E-state index in [4.69, 9.17) is 0 Å². The fraction of sp³-hybridized carbons (Fsp3) is 0.150. The van der Waals surface area contributed by atoms with Crippen LogP contribution in [0.25, 0.3) is 10.9 Å². The second-order valence-electron chi connectivity index (χ2n) is 6.10. The molecule has 0 spiro atoms. The summed E-state index contributed by atoms with van der Waals surface area (Å²) in [7, 11) is 0. The van der Waals surface area contributed by atoms with Crippen LogP contribution in [0.2, 0.25) is 0 Å². The quantitative estimate of drug-likeness (QED) is 0.783. The van der Waals surface area contributed by atoms with Gasteiger partial charge in [0.1, 0.15) is 0 Å². The Bertz CT molecular complexity index is 992. The first-order valence-corrected chi connectivity index (χ1v) is 8.19. The van der Waals surface area contributed by atoms with Crippen LogP contribution in [-0.2, 0) is 11.2 Å². The summed E-state index contributed by atoms with van der Waals surface area (Å²) in [6.45, 7) is 2.26. The molecule has 0 fully saturated rings. The number of pyridine rings is 1. The molecule has 2 amide bonds. The van der Waals surface area contributed by atoms with Gasteiger partial charge in [-0.3, -0.25) is 14.6 Å². The molecule has 2 heterocycles. The van der Waals surface area contributed by atoms with Gasteiger partial charge in [0.2, 0.25) is 5.91 Å². The van der Waals surface area contributed by atoms with Gasteiger partial charge in [0.15, 0.2) is 0 Å². The van der Waals surface area contributed by atoms with Crippen LogP contribution in [0.15, 0.2) is 54.7 Å². The smallest absolute Gasteiger partial charge is 0.257 e. The van der Waals surface area contributed by atoms with E-state index in [1.807, 2.05) is 42.5 Å². The van der Waals surface area contributed by atoms with Gasteiger partial charge < -0.3 is 10.2 Å². The van der Waals surface area contributed by atoms with Gasteiger partial charge in [0, 0.05) is 36.4 Å². The SMILES string of the molecule is CC(=O)N1CCc2cc(NC(=O)c3cccc4cccnc34)ccc21. The monoisotopic (exact) mass is 331 g/mol. The van der Waals surface area contributed by atoms with Crippen LogP contribution >= 0.6 is 0 Å². The Morgan fingerprint density at radius 3 is 2.80 bits per heavy atom. The molecule has 0 atom stereocenters. The lowest BCUT2D eigenvalue weighted by molar-refractivity contribution is -0.116. The van der Waals surface area contributed by atoms with Gasteiger partial charge in [-0.05, 0) is 42.3 Å². The maximum atomic E-state index is 12.7. The van der Waals surface area contributed by atoms with Crippen LogP contribution in [0.3, 0.4) is 0 Å². The standard InChI is InChI=1S/C20H17N3O2/c1-13(24)23-11-9-15-12-16(7-8-18(15)23)22-20(25)17-6-2-4-14-5-3-10-21-19(14)17/h2-8,10,12H,9,11H2,1H3,(H,22,25). The first-order chi connectivity index (χ1) is 12.1. The first-order valence-electron chi connectivity index (χ1n) is 8.19. The van der Waals surface area contributed by atoms with Crippen molar-refractivity contribution in [1.29, 1.82) is 0 Å². The van der Waals surface area contributed by atoms with E-state index in [1.54, 1.807) is 24.1 Å². The molecule has 25 heavy (non-hydrogen) atoms. The van der Waals surface area contributed by atoms with E-state index in [1.165, 1.54) is 0 Å². The van der Waals surface area contributed by atoms with E-state index in [0.29, 0.717) is 17.6 Å². The Labute approximate surface area is 145 Å². The molecule has 2 aromatic carbocycles. The zero-order chi connectivity index (χ0) is 17.4. The Morgan fingerprint density at radius 1 is 1.12 bits per heavy atom. The molecule has 0 aliphatic carbocycles. The largest absolute Gasteiger partial charge is 0.322 e. The van der Waals surface area contributed by atoms with E-state index in [2.05, 4.69) is 10.3 Å². The number of rotatable bonds is 2. The number of nitrogens with zero attached hydrogens (tertiary/aromatic N) is 2. The number of nitrogens with one attached hydrogen (secondary N) is 1. The van der Waals surface area contributed by atoms with Crippen molar-refractivity contribution in [3.63, 3.8) is 0 Å². The summed E-state index contributed by atoms with van der Waals surface area (Å²) >= 11 is 0. The predicted molar refractivity (Wildman–Crippen MR) is 97.9 cm³/mol. The Balaban J connectivity index is 1.62. The second kappa shape index (κ2) is 6.02. The van der Waals surface area contributed by atoms with Crippen LogP contribution in [0.5, 0.6) is 0 Å². The number of carbonyl (C=O) groups excluding carboxylic acids is 2. The van der Waals surface area contributed by atoms with E-state index >= 15 is 0 Å². The Kier molecular flexibility index (Phi) is 3.69. The molecule has 1 N–H and O–H groups in total. The lowest BCUT2D eigenvalue weighted by Gasteiger charge is -2.15. The molecule has 0 radical (unpaired) electrons. The van der Waals surface area contributed by atoms with Crippen molar-refractivity contribution in [3.05, 3.63) is 65.9 Å². The van der Waals surface area contributed by atoms with Crippen molar-refractivity contribution >= 4 is 34.1 Å². The zero-order valence-electron chi connectivity index (χ0n) is 13.8. The summed E-state index contributed by atoms with van der Waals surface area (Å²) in [5.74, 6) is -0.150. The molecular formula is C20H17N3O2. The average molecular weight is 331 g/mol. The summed E-state index contributed by atoms with van der Waals surface area (Å²) in [6, 6.07) is 15.0. The third kappa shape index (κ3) is 2.74. The molecule has 124 valence electrons. The molecule has 0 unspecified atom stereocenters. The maximum absolute atomic E-state index is 12.7. The fourth-order valence-corrected chi connectivity index (χ4v) is 3.29. The summed E-state index contributed by atoms with van der Waals surface area (Å²) in [4.78, 5) is 30.4. The summed E-state index contributed by atoms with van der Waals surface area (Å²) in [5.41, 5.74) is 3.96. The van der Waals surface area contributed by atoms with Crippen molar-refractivity contribution in [2.45, 2.75) is 13.3 Å². The number of anilines is 2. The van der Waals surface area contributed by atoms with Gasteiger partial charge in [-0.25, -0.2) is 0 Å². The molecule has 0 bridgehead atoms. The maximum Gasteiger partial charge on any atom is 0.257 e. The van der Waals surface area contributed by atoms with Crippen molar-refractivity contribution < 1.29 is 9.59 Å². The highest BCUT2D eigenvalue weighted by atomic mass is 16.2. The average Bonchev–Trinajstić information content (AvgIpc) is 3.04. The number of para-hydroxylation sites is 1. The molecular weight excluding hydrogens is 314 g/mol. The predicted octanol–water partition coefficient (Wildman–Crippen LogP) is 3.40. The molecule has 3 aromatic rings. The number of hydrogen-bond donors (Lipinski definition) is 1. The summed E-state index contributed by atoms with van der Waals surface area (Å²) < 4.78 is 0. The molecule has 4 rings (SSSR count). The molecule has 5 heteroatoms. The number of carbonyl (C=O) groups is 2. The minimum atomic E-state index is -0.189. The number of fused-ring (bicyclic) bond motifs is 2. The van der Waals surface area contributed by atoms with E-state index in [0.717, 1.165) is 28.7 Å². The second-order valence-corrected chi connectivity index (χ2v) is 6.10. The fourth-order valence-electron chi connectivity index (χ4n) is 3.29. The highest BCUT2D eigenvalue weighted by Crippen LogP contribution is 2.30. The number of aromatic nitrogens is 1. The van der Waals surface area contributed by atoms with Gasteiger partial charge in [0.25, 0.3) is 5.91 Å². The third-order valence-electron chi connectivity index (χ3n) is 4.49. The highest BCUT2D eigenvalue weighted by Gasteiger charge is 2.22. The minimum absolute atomic E-state index is 0.0392. The molecule has 1 aliphatic rings. The lowest BCUT2D eigenvalue weighted by Crippen LogP contribution is -2.25. The molecule has 1 aromatic heterocycles. The van der Waals surface area contributed by atoms with Crippen LogP contribution in [0, 0.1) is 0 Å². The van der Waals surface area contributed by atoms with E-state index in [-0.39, 0.29) is 11.8 Å². The van der Waals surface area contributed by atoms with E-state index in [9.17, 15) is 9.59 Å². The summed E-state index contributed by atoms with van der Waals surface area (Å²) in [5, 5.41) is 3.87. The van der Waals surface area contributed by atoms with Crippen molar-refractivity contribution in [1.82, 2.24) is 4.98 Å². The molecule has 1 aliphatic heterocycles. The van der Waals surface area contributed by atoms with Crippen molar-refractivity contribution in [3.8, 4) is 0 Å². The lowest BCUT2D eigenvalue weighted by atomic mass is 10.1. The van der Waals surface area contributed by atoms with Crippen LogP contribution in [0.1, 0.15) is 22.8 Å². The molecule has 5 nitrogen and oxygen atoms in total. The van der Waals surface area contributed by atoms with Gasteiger partial charge in [-0.2, -0.15) is 0 Å². The molecule has 0 saturated heterocycles. The van der Waals surface area contributed by atoms with Crippen LogP contribution < -0.4 is 10.2 Å². The minimum Gasteiger partial charge on any atom is -0.322 e. The normalized spacial score (nSPS) is 12.9. The Morgan fingerprint density at radius 2 is 1.96 bits per heavy atom. The van der Waals surface area contributed by atoms with Gasteiger partial charge >= 0.3 is 0 Å². The Hall–Kier alpha value is -3.21. The summed E-state index contributed by atoms with van der Waals surface area (Å²) in [6.07, 6.45) is 2.49. The van der Waals surface area contributed by atoms with Gasteiger partial charge in [-0.1, -0.05) is 18.2 Å². The zero-order valence-corrected chi connectivity index (χ0v) is 13.8. The third-order valence-corrected chi connectivity index (χ3v) is 4.49. The number of amides is 2.